The molecule has 4 nitrogen and oxygen atoms in total. The number of hydrogen-bond donors (Lipinski definition) is 1. The van der Waals surface area contributed by atoms with E-state index < -0.39 is 0 Å². The lowest BCUT2D eigenvalue weighted by atomic mass is 9.97. The molecular formula is C14H17BrN2O2. The standard InChI is InChI=1S/C14H17BrN2O2/c15-12-5-3-10(4-6-12)8-13(18)17-7-1-2-11(9-17)14(16)19/h3-6,11H,1-2,7-9H2,(H2,16,19). The molecule has 1 aromatic carbocycles. The Morgan fingerprint density at radius 1 is 1.32 bits per heavy atom. The first-order valence-electron chi connectivity index (χ1n) is 6.38. The molecule has 1 aromatic rings. The maximum absolute atomic E-state index is 12.2. The molecule has 0 spiro atoms. The lowest BCUT2D eigenvalue weighted by Gasteiger charge is -2.31. The van der Waals surface area contributed by atoms with Crippen LogP contribution < -0.4 is 5.73 Å². The zero-order chi connectivity index (χ0) is 13.8. The molecule has 1 fully saturated rings. The Kier molecular flexibility index (Phi) is 4.58. The van der Waals surface area contributed by atoms with E-state index in [9.17, 15) is 9.59 Å². The van der Waals surface area contributed by atoms with E-state index in [1.165, 1.54) is 0 Å². The number of benzene rings is 1. The van der Waals surface area contributed by atoms with E-state index >= 15 is 0 Å². The van der Waals surface area contributed by atoms with Crippen molar-refractivity contribution in [3.63, 3.8) is 0 Å². The molecule has 1 unspecified atom stereocenters. The number of hydrogen-bond acceptors (Lipinski definition) is 2. The third kappa shape index (κ3) is 3.80. The van der Waals surface area contributed by atoms with Crippen LogP contribution in [0.3, 0.4) is 0 Å². The molecule has 0 saturated carbocycles. The fraction of sp³-hybridized carbons (Fsp3) is 0.429. The normalized spacial score (nSPS) is 19.2. The van der Waals surface area contributed by atoms with Crippen LogP contribution in [0.25, 0.3) is 0 Å². The number of amides is 2. The third-order valence-electron chi connectivity index (χ3n) is 3.45. The molecule has 102 valence electrons. The van der Waals surface area contributed by atoms with Crippen LogP contribution in [0, 0.1) is 5.92 Å². The van der Waals surface area contributed by atoms with Crippen molar-refractivity contribution in [1.82, 2.24) is 4.90 Å². The van der Waals surface area contributed by atoms with Gasteiger partial charge in [-0.05, 0) is 30.5 Å². The molecule has 1 heterocycles. The van der Waals surface area contributed by atoms with Gasteiger partial charge in [-0.3, -0.25) is 9.59 Å². The summed E-state index contributed by atoms with van der Waals surface area (Å²) in [5.74, 6) is -0.433. The topological polar surface area (TPSA) is 63.4 Å². The molecule has 2 amide bonds. The van der Waals surface area contributed by atoms with Gasteiger partial charge in [0.1, 0.15) is 0 Å². The monoisotopic (exact) mass is 324 g/mol. The molecule has 1 aliphatic rings. The molecule has 2 rings (SSSR count). The summed E-state index contributed by atoms with van der Waals surface area (Å²) in [6.07, 6.45) is 2.01. The van der Waals surface area contributed by atoms with Crippen molar-refractivity contribution >= 4 is 27.7 Å². The lowest BCUT2D eigenvalue weighted by Crippen LogP contribution is -2.44. The highest BCUT2D eigenvalue weighted by Gasteiger charge is 2.26. The molecule has 1 atom stereocenters. The van der Waals surface area contributed by atoms with Crippen LogP contribution in [0.15, 0.2) is 28.7 Å². The van der Waals surface area contributed by atoms with Gasteiger partial charge in [-0.25, -0.2) is 0 Å². The van der Waals surface area contributed by atoms with E-state index in [4.69, 9.17) is 5.73 Å². The van der Waals surface area contributed by atoms with Gasteiger partial charge in [0, 0.05) is 17.6 Å². The molecule has 0 bridgehead atoms. The molecular weight excluding hydrogens is 308 g/mol. The van der Waals surface area contributed by atoms with Gasteiger partial charge in [0.15, 0.2) is 0 Å². The van der Waals surface area contributed by atoms with Gasteiger partial charge in [0.05, 0.1) is 12.3 Å². The number of piperidine rings is 1. The zero-order valence-corrected chi connectivity index (χ0v) is 12.2. The average molecular weight is 325 g/mol. The van der Waals surface area contributed by atoms with E-state index in [0.717, 1.165) is 29.4 Å². The van der Waals surface area contributed by atoms with E-state index in [1.807, 2.05) is 24.3 Å². The summed E-state index contributed by atoms with van der Waals surface area (Å²) in [4.78, 5) is 25.1. The van der Waals surface area contributed by atoms with Crippen molar-refractivity contribution in [2.75, 3.05) is 13.1 Å². The summed E-state index contributed by atoms with van der Waals surface area (Å²) >= 11 is 3.37. The number of nitrogens with two attached hydrogens (primary N) is 1. The van der Waals surface area contributed by atoms with Crippen LogP contribution in [-0.4, -0.2) is 29.8 Å². The highest BCUT2D eigenvalue weighted by molar-refractivity contribution is 9.10. The molecule has 19 heavy (non-hydrogen) atoms. The molecule has 0 radical (unpaired) electrons. The van der Waals surface area contributed by atoms with Crippen molar-refractivity contribution in [2.45, 2.75) is 19.3 Å². The van der Waals surface area contributed by atoms with Crippen LogP contribution in [0.2, 0.25) is 0 Å². The fourth-order valence-corrected chi connectivity index (χ4v) is 2.59. The smallest absolute Gasteiger partial charge is 0.227 e. The van der Waals surface area contributed by atoms with E-state index in [0.29, 0.717) is 13.0 Å². The second-order valence-electron chi connectivity index (χ2n) is 4.88. The van der Waals surface area contributed by atoms with Gasteiger partial charge in [0.2, 0.25) is 11.8 Å². The largest absolute Gasteiger partial charge is 0.369 e. The Bertz CT molecular complexity index is 473. The average Bonchev–Trinajstić information content (AvgIpc) is 2.41. The highest BCUT2D eigenvalue weighted by atomic mass is 79.9. The summed E-state index contributed by atoms with van der Waals surface area (Å²) in [6.45, 7) is 1.18. The Labute approximate surface area is 121 Å². The molecule has 2 N–H and O–H groups in total. The van der Waals surface area contributed by atoms with Crippen LogP contribution in [-0.2, 0) is 16.0 Å². The minimum atomic E-state index is -0.304. The highest BCUT2D eigenvalue weighted by Crippen LogP contribution is 2.18. The summed E-state index contributed by atoms with van der Waals surface area (Å²) in [5, 5.41) is 0. The summed E-state index contributed by atoms with van der Waals surface area (Å²) in [6, 6.07) is 7.70. The maximum Gasteiger partial charge on any atom is 0.227 e. The van der Waals surface area contributed by atoms with Gasteiger partial charge < -0.3 is 10.6 Å². The number of rotatable bonds is 3. The molecule has 5 heteroatoms. The number of halogens is 1. The van der Waals surface area contributed by atoms with Crippen molar-refractivity contribution in [3.8, 4) is 0 Å². The Morgan fingerprint density at radius 3 is 2.63 bits per heavy atom. The van der Waals surface area contributed by atoms with Crippen molar-refractivity contribution in [2.24, 2.45) is 11.7 Å². The number of primary amides is 1. The SMILES string of the molecule is NC(=O)C1CCCN(C(=O)Cc2ccc(Br)cc2)C1. The lowest BCUT2D eigenvalue weighted by molar-refractivity contribution is -0.134. The first-order valence-corrected chi connectivity index (χ1v) is 7.17. The second-order valence-corrected chi connectivity index (χ2v) is 5.80. The maximum atomic E-state index is 12.2. The first-order chi connectivity index (χ1) is 9.06. The second kappa shape index (κ2) is 6.19. The van der Waals surface area contributed by atoms with Crippen molar-refractivity contribution in [3.05, 3.63) is 34.3 Å². The van der Waals surface area contributed by atoms with Crippen LogP contribution in [0.1, 0.15) is 18.4 Å². The predicted molar refractivity (Wildman–Crippen MR) is 76.3 cm³/mol. The number of carbonyl (C=O) groups excluding carboxylic acids is 2. The van der Waals surface area contributed by atoms with E-state index in [2.05, 4.69) is 15.9 Å². The van der Waals surface area contributed by atoms with Crippen molar-refractivity contribution < 1.29 is 9.59 Å². The number of nitrogens with zero attached hydrogens (tertiary/aromatic N) is 1. The summed E-state index contributed by atoms with van der Waals surface area (Å²) in [7, 11) is 0. The Balaban J connectivity index is 1.96. The Hall–Kier alpha value is -1.36. The minimum Gasteiger partial charge on any atom is -0.369 e. The first kappa shape index (κ1) is 14.1. The summed E-state index contributed by atoms with van der Waals surface area (Å²) < 4.78 is 0.996. The van der Waals surface area contributed by atoms with Crippen molar-refractivity contribution in [1.29, 1.82) is 0 Å². The number of likely N-dealkylation sites (tertiary alicyclic amines) is 1. The third-order valence-corrected chi connectivity index (χ3v) is 3.97. The predicted octanol–water partition coefficient (Wildman–Crippen LogP) is 1.72. The van der Waals surface area contributed by atoms with Gasteiger partial charge in [0.25, 0.3) is 0 Å². The van der Waals surface area contributed by atoms with Crippen LogP contribution in [0.5, 0.6) is 0 Å². The molecule has 0 aliphatic carbocycles. The van der Waals surface area contributed by atoms with Gasteiger partial charge in [-0.2, -0.15) is 0 Å². The Morgan fingerprint density at radius 2 is 2.00 bits per heavy atom. The number of carbonyl (C=O) groups is 2. The van der Waals surface area contributed by atoms with Crippen LogP contribution >= 0.6 is 15.9 Å². The molecule has 1 saturated heterocycles. The molecule has 0 aromatic heterocycles. The van der Waals surface area contributed by atoms with Gasteiger partial charge >= 0.3 is 0 Å². The van der Waals surface area contributed by atoms with Gasteiger partial charge in [-0.15, -0.1) is 0 Å². The van der Waals surface area contributed by atoms with Crippen LogP contribution in [0.4, 0.5) is 0 Å². The summed E-state index contributed by atoms with van der Waals surface area (Å²) in [5.41, 5.74) is 6.30. The molecule has 1 aliphatic heterocycles. The minimum absolute atomic E-state index is 0.0632. The van der Waals surface area contributed by atoms with E-state index in [-0.39, 0.29) is 17.7 Å². The van der Waals surface area contributed by atoms with E-state index in [1.54, 1.807) is 4.90 Å². The zero-order valence-electron chi connectivity index (χ0n) is 10.6. The quantitative estimate of drug-likeness (QED) is 0.920. The van der Waals surface area contributed by atoms with Gasteiger partial charge in [-0.1, -0.05) is 28.1 Å². The fourth-order valence-electron chi connectivity index (χ4n) is 2.32.